The Kier molecular flexibility index (Phi) is 7.57. The van der Waals surface area contributed by atoms with E-state index in [1.165, 1.54) is 24.3 Å². The fraction of sp³-hybridized carbons (Fsp3) is 0.160. The van der Waals surface area contributed by atoms with Crippen LogP contribution >= 0.6 is 35.0 Å². The summed E-state index contributed by atoms with van der Waals surface area (Å²) in [5, 5.41) is 3.32. The van der Waals surface area contributed by atoms with Crippen molar-refractivity contribution in [3.63, 3.8) is 0 Å². The molecule has 4 rings (SSSR count). The Labute approximate surface area is 213 Å². The van der Waals surface area contributed by atoms with Crippen LogP contribution in [0.1, 0.15) is 28.4 Å². The number of sulfonamides is 1. The number of carbonyl (C=O) groups is 1. The number of nitrogens with zero attached hydrogens (tertiary/aromatic N) is 1. The lowest BCUT2D eigenvalue weighted by molar-refractivity contribution is 0.0934. The van der Waals surface area contributed by atoms with Gasteiger partial charge in [0.05, 0.1) is 28.3 Å². The molecule has 1 aliphatic rings. The van der Waals surface area contributed by atoms with Gasteiger partial charge in [-0.15, -0.1) is 18.3 Å². The quantitative estimate of drug-likeness (QED) is 0.360. The number of hydrogen-bond acceptors (Lipinski definition) is 4. The van der Waals surface area contributed by atoms with E-state index in [-0.39, 0.29) is 39.0 Å². The molecular weight excluding hydrogens is 511 g/mol. The minimum atomic E-state index is -4.14. The summed E-state index contributed by atoms with van der Waals surface area (Å²) < 4.78 is 28.4. The van der Waals surface area contributed by atoms with E-state index >= 15 is 0 Å². The number of nitrogens with one attached hydrogen (secondary N) is 1. The van der Waals surface area contributed by atoms with Crippen molar-refractivity contribution >= 4 is 56.6 Å². The van der Waals surface area contributed by atoms with Gasteiger partial charge in [-0.3, -0.25) is 9.10 Å². The van der Waals surface area contributed by atoms with Gasteiger partial charge >= 0.3 is 0 Å². The number of hydrogen-bond donors (Lipinski definition) is 1. The molecule has 176 valence electrons. The van der Waals surface area contributed by atoms with Crippen LogP contribution in [0, 0.1) is 0 Å². The molecule has 0 aliphatic carbocycles. The van der Waals surface area contributed by atoms with Gasteiger partial charge < -0.3 is 5.32 Å². The monoisotopic (exact) mass is 532 g/mol. The van der Waals surface area contributed by atoms with Gasteiger partial charge in [0.2, 0.25) is 0 Å². The molecule has 1 unspecified atom stereocenters. The van der Waals surface area contributed by atoms with Crippen LogP contribution in [0.25, 0.3) is 0 Å². The molecule has 0 fully saturated rings. The predicted molar refractivity (Wildman–Crippen MR) is 140 cm³/mol. The number of halogens is 2. The van der Waals surface area contributed by atoms with Gasteiger partial charge in [0, 0.05) is 16.2 Å². The smallest absolute Gasteiger partial charge is 0.266 e. The maximum atomic E-state index is 13.6. The summed E-state index contributed by atoms with van der Waals surface area (Å²) in [4.78, 5) is 14.1. The molecule has 3 aromatic rings. The van der Waals surface area contributed by atoms with E-state index in [9.17, 15) is 13.2 Å². The maximum absolute atomic E-state index is 13.6. The van der Waals surface area contributed by atoms with Crippen LogP contribution in [0.2, 0.25) is 10.0 Å². The highest BCUT2D eigenvalue weighted by molar-refractivity contribution is 7.99. The van der Waals surface area contributed by atoms with Crippen LogP contribution in [0.15, 0.2) is 89.2 Å². The van der Waals surface area contributed by atoms with Crippen LogP contribution in [0.5, 0.6) is 0 Å². The first-order chi connectivity index (χ1) is 16.3. The van der Waals surface area contributed by atoms with E-state index in [1.807, 2.05) is 24.3 Å². The van der Waals surface area contributed by atoms with Crippen LogP contribution in [0.3, 0.4) is 0 Å². The molecule has 0 aromatic heterocycles. The van der Waals surface area contributed by atoms with E-state index in [2.05, 4.69) is 11.9 Å². The molecule has 0 saturated carbocycles. The zero-order valence-corrected chi connectivity index (χ0v) is 21.2. The molecule has 0 saturated heterocycles. The van der Waals surface area contributed by atoms with E-state index in [0.717, 1.165) is 26.9 Å². The molecule has 9 heteroatoms. The second kappa shape index (κ2) is 10.4. The fourth-order valence-electron chi connectivity index (χ4n) is 3.79. The fourth-order valence-corrected chi connectivity index (χ4v) is 7.16. The third kappa shape index (κ3) is 4.98. The average Bonchev–Trinajstić information content (AvgIpc) is 2.83. The van der Waals surface area contributed by atoms with Crippen molar-refractivity contribution in [1.29, 1.82) is 0 Å². The summed E-state index contributed by atoms with van der Waals surface area (Å²) in [7, 11) is -4.14. The lowest BCUT2D eigenvalue weighted by atomic mass is 10.0. The highest BCUT2D eigenvalue weighted by Gasteiger charge is 2.29. The molecule has 3 aromatic carbocycles. The molecule has 1 N–H and O–H groups in total. The van der Waals surface area contributed by atoms with Gasteiger partial charge in [0.1, 0.15) is 4.90 Å². The number of rotatable bonds is 7. The van der Waals surface area contributed by atoms with Gasteiger partial charge in [-0.1, -0.05) is 59.6 Å². The second-order valence-corrected chi connectivity index (χ2v) is 11.4. The van der Waals surface area contributed by atoms with Gasteiger partial charge in [0.15, 0.2) is 0 Å². The number of fused-ring (bicyclic) bond motifs is 1. The van der Waals surface area contributed by atoms with Crippen LogP contribution in [-0.2, 0) is 10.0 Å². The Morgan fingerprint density at radius 3 is 2.59 bits per heavy atom. The summed E-state index contributed by atoms with van der Waals surface area (Å²) in [6, 6.07) is 18.7. The molecule has 34 heavy (non-hydrogen) atoms. The number of carbonyl (C=O) groups excluding carboxylic acids is 1. The summed E-state index contributed by atoms with van der Waals surface area (Å²) in [5.74, 6) is 0.518. The Morgan fingerprint density at radius 2 is 1.82 bits per heavy atom. The molecule has 5 nitrogen and oxygen atoms in total. The van der Waals surface area contributed by atoms with E-state index in [1.54, 1.807) is 36.0 Å². The lowest BCUT2D eigenvalue weighted by Crippen LogP contribution is -2.33. The first kappa shape index (κ1) is 24.7. The van der Waals surface area contributed by atoms with Crippen molar-refractivity contribution in [2.45, 2.75) is 22.3 Å². The van der Waals surface area contributed by atoms with Crippen LogP contribution < -0.4 is 9.62 Å². The molecule has 0 radical (unpaired) electrons. The van der Waals surface area contributed by atoms with Crippen molar-refractivity contribution in [3.8, 4) is 0 Å². The highest BCUT2D eigenvalue weighted by atomic mass is 35.5. The third-order valence-electron chi connectivity index (χ3n) is 5.44. The Morgan fingerprint density at radius 1 is 1.09 bits per heavy atom. The number of anilines is 1. The maximum Gasteiger partial charge on any atom is 0.266 e. The van der Waals surface area contributed by atoms with Crippen molar-refractivity contribution < 1.29 is 13.2 Å². The van der Waals surface area contributed by atoms with Crippen molar-refractivity contribution in [1.82, 2.24) is 5.32 Å². The SMILES string of the molecule is C=CCN(c1ccccc1Cl)S(=O)(=O)c1cc(C(=O)NC2CCSc3ccccc32)ccc1Cl. The standard InChI is InChI=1S/C25H22Cl2N2O3S2/c1-2-14-29(22-9-5-4-8-19(22)26)34(31,32)24-16-17(11-12-20(24)27)25(30)28-21-13-15-33-23-10-6-3-7-18(21)23/h2-12,16,21H,1,13-15H2,(H,28,30). The lowest BCUT2D eigenvalue weighted by Gasteiger charge is -2.26. The van der Waals surface area contributed by atoms with Crippen LogP contribution in [0.4, 0.5) is 5.69 Å². The first-order valence-electron chi connectivity index (χ1n) is 10.5. The third-order valence-corrected chi connectivity index (χ3v) is 9.14. The number of benzene rings is 3. The van der Waals surface area contributed by atoms with E-state index in [0.29, 0.717) is 5.69 Å². The van der Waals surface area contributed by atoms with E-state index < -0.39 is 10.0 Å². The molecule has 0 bridgehead atoms. The number of para-hydroxylation sites is 1. The minimum absolute atomic E-state index is 0.0112. The van der Waals surface area contributed by atoms with Gasteiger partial charge in [-0.25, -0.2) is 8.42 Å². The first-order valence-corrected chi connectivity index (χ1v) is 13.7. The number of amides is 1. The van der Waals surface area contributed by atoms with Gasteiger partial charge in [-0.05, 0) is 48.4 Å². The van der Waals surface area contributed by atoms with Crippen molar-refractivity contribution in [2.24, 2.45) is 0 Å². The highest BCUT2D eigenvalue weighted by Crippen LogP contribution is 2.36. The largest absolute Gasteiger partial charge is 0.345 e. The average molecular weight is 534 g/mol. The second-order valence-electron chi connectivity index (χ2n) is 7.62. The zero-order chi connectivity index (χ0) is 24.3. The predicted octanol–water partition coefficient (Wildman–Crippen LogP) is 6.34. The number of thioether (sulfide) groups is 1. The minimum Gasteiger partial charge on any atom is -0.345 e. The molecule has 0 spiro atoms. The Bertz CT molecular complexity index is 1350. The Hall–Kier alpha value is -2.45. The van der Waals surface area contributed by atoms with Crippen LogP contribution in [-0.4, -0.2) is 26.6 Å². The van der Waals surface area contributed by atoms with E-state index in [4.69, 9.17) is 23.2 Å². The zero-order valence-electron chi connectivity index (χ0n) is 18.1. The Balaban J connectivity index is 1.67. The summed E-state index contributed by atoms with van der Waals surface area (Å²) in [6.07, 6.45) is 2.25. The summed E-state index contributed by atoms with van der Waals surface area (Å²) in [5.41, 5.74) is 1.56. The van der Waals surface area contributed by atoms with Crippen molar-refractivity contribution in [2.75, 3.05) is 16.6 Å². The normalized spacial score (nSPS) is 15.3. The molecule has 1 atom stereocenters. The van der Waals surface area contributed by atoms with Crippen molar-refractivity contribution in [3.05, 3.63) is 101 Å². The molecule has 1 heterocycles. The summed E-state index contributed by atoms with van der Waals surface area (Å²) in [6.45, 7) is 3.65. The molecule has 1 aliphatic heterocycles. The topological polar surface area (TPSA) is 66.5 Å². The molecular formula is C25H22Cl2N2O3S2. The van der Waals surface area contributed by atoms with Gasteiger partial charge in [0.25, 0.3) is 15.9 Å². The summed E-state index contributed by atoms with van der Waals surface area (Å²) >= 11 is 14.4. The van der Waals surface area contributed by atoms with Gasteiger partial charge in [-0.2, -0.15) is 0 Å². The molecule has 1 amide bonds.